The Morgan fingerprint density at radius 1 is 1.50 bits per heavy atom. The lowest BCUT2D eigenvalue weighted by Crippen LogP contribution is -2.39. The minimum absolute atomic E-state index is 0.0777. The minimum Gasteiger partial charge on any atom is -0.381 e. The number of aryl methyl sites for hydroxylation is 1. The average Bonchev–Trinajstić information content (AvgIpc) is 2.90. The van der Waals surface area contributed by atoms with Gasteiger partial charge in [0.1, 0.15) is 0 Å². The summed E-state index contributed by atoms with van der Waals surface area (Å²) in [6.45, 7) is 2.33. The lowest BCUT2D eigenvalue weighted by Gasteiger charge is -2.26. The zero-order valence-electron chi connectivity index (χ0n) is 10.8. The third kappa shape index (κ3) is 2.12. The third-order valence-corrected chi connectivity index (χ3v) is 5.67. The van der Waals surface area contributed by atoms with E-state index < -0.39 is 10.0 Å². The molecule has 0 saturated heterocycles. The smallest absolute Gasteiger partial charge is 0.262 e. The molecule has 0 aliphatic heterocycles. The summed E-state index contributed by atoms with van der Waals surface area (Å²) in [5.74, 6) is 0.0777. The molecule has 0 spiro atoms. The van der Waals surface area contributed by atoms with Crippen LogP contribution in [0.4, 0.5) is 5.82 Å². The summed E-state index contributed by atoms with van der Waals surface area (Å²) in [6, 6.07) is 0.106. The number of anilines is 1. The van der Waals surface area contributed by atoms with Crippen LogP contribution in [0.2, 0.25) is 0 Å². The van der Waals surface area contributed by atoms with Crippen molar-refractivity contribution < 1.29 is 8.42 Å². The molecule has 102 valence electrons. The fourth-order valence-corrected chi connectivity index (χ4v) is 4.57. The number of nitrogens with two attached hydrogens (primary N) is 1. The van der Waals surface area contributed by atoms with E-state index in [2.05, 4.69) is 4.98 Å². The molecule has 1 aromatic heterocycles. The molecule has 0 amide bonds. The summed E-state index contributed by atoms with van der Waals surface area (Å²) < 4.78 is 28.3. The van der Waals surface area contributed by atoms with Crippen LogP contribution in [0.1, 0.15) is 32.6 Å². The van der Waals surface area contributed by atoms with Crippen molar-refractivity contribution >= 4 is 15.8 Å². The van der Waals surface area contributed by atoms with Gasteiger partial charge in [0.05, 0.1) is 6.33 Å². The van der Waals surface area contributed by atoms with Gasteiger partial charge in [-0.25, -0.2) is 13.4 Å². The van der Waals surface area contributed by atoms with Gasteiger partial charge in [-0.3, -0.25) is 0 Å². The van der Waals surface area contributed by atoms with Gasteiger partial charge >= 0.3 is 0 Å². The maximum absolute atomic E-state index is 12.6. The number of imidazole rings is 1. The molecule has 2 rings (SSSR count). The van der Waals surface area contributed by atoms with E-state index in [9.17, 15) is 8.42 Å². The monoisotopic (exact) mass is 272 g/mol. The van der Waals surface area contributed by atoms with Crippen molar-refractivity contribution in [1.82, 2.24) is 13.9 Å². The first-order valence-electron chi connectivity index (χ1n) is 6.27. The van der Waals surface area contributed by atoms with E-state index in [1.807, 2.05) is 6.92 Å². The number of hydrogen-bond donors (Lipinski definition) is 1. The number of nitrogen functional groups attached to an aromatic ring is 1. The number of rotatable bonds is 4. The molecular weight excluding hydrogens is 252 g/mol. The normalized spacial score (nSPS) is 17.7. The first kappa shape index (κ1) is 13.4. The number of aromatic nitrogens is 2. The van der Waals surface area contributed by atoms with Crippen LogP contribution in [0.15, 0.2) is 11.4 Å². The molecule has 0 bridgehead atoms. The molecule has 6 nitrogen and oxygen atoms in total. The summed E-state index contributed by atoms with van der Waals surface area (Å²) in [7, 11) is -1.89. The van der Waals surface area contributed by atoms with Crippen LogP contribution in [-0.4, -0.2) is 34.9 Å². The van der Waals surface area contributed by atoms with E-state index >= 15 is 0 Å². The second kappa shape index (κ2) is 4.89. The molecule has 0 radical (unpaired) electrons. The molecule has 1 aromatic rings. The maximum Gasteiger partial charge on any atom is 0.262 e. The first-order valence-corrected chi connectivity index (χ1v) is 7.71. The van der Waals surface area contributed by atoms with Gasteiger partial charge in [-0.15, -0.1) is 0 Å². The molecular formula is C11H20N4O2S. The lowest BCUT2D eigenvalue weighted by molar-refractivity contribution is 0.333. The van der Waals surface area contributed by atoms with Gasteiger partial charge in [-0.2, -0.15) is 4.31 Å². The first-order chi connectivity index (χ1) is 8.48. The molecule has 18 heavy (non-hydrogen) atoms. The largest absolute Gasteiger partial charge is 0.381 e. The average molecular weight is 272 g/mol. The standard InChI is InChI=1S/C11H20N4O2S/c1-3-15(9-6-4-5-7-9)18(16,17)11-10(12)13-8-14(11)2/h8-9H,3-7,12H2,1-2H3. The molecule has 0 aromatic carbocycles. The quantitative estimate of drug-likeness (QED) is 0.885. The molecule has 0 unspecified atom stereocenters. The number of sulfonamides is 1. The zero-order chi connectivity index (χ0) is 13.3. The van der Waals surface area contributed by atoms with Crippen molar-refractivity contribution in [3.63, 3.8) is 0 Å². The van der Waals surface area contributed by atoms with Gasteiger partial charge in [0.25, 0.3) is 10.0 Å². The number of hydrogen-bond acceptors (Lipinski definition) is 4. The Morgan fingerprint density at radius 3 is 2.56 bits per heavy atom. The van der Waals surface area contributed by atoms with Gasteiger partial charge in [0, 0.05) is 19.6 Å². The highest BCUT2D eigenvalue weighted by Crippen LogP contribution is 2.29. The molecule has 1 aliphatic rings. The van der Waals surface area contributed by atoms with Gasteiger partial charge in [0.2, 0.25) is 0 Å². The molecule has 1 heterocycles. The minimum atomic E-state index is -3.54. The fourth-order valence-electron chi connectivity index (χ4n) is 2.68. The van der Waals surface area contributed by atoms with Gasteiger partial charge in [0.15, 0.2) is 10.8 Å². The highest BCUT2D eigenvalue weighted by molar-refractivity contribution is 7.89. The molecule has 7 heteroatoms. The summed E-state index contributed by atoms with van der Waals surface area (Å²) in [6.07, 6.45) is 5.50. The van der Waals surface area contributed by atoms with Crippen molar-refractivity contribution in [2.24, 2.45) is 7.05 Å². The molecule has 1 aliphatic carbocycles. The van der Waals surface area contributed by atoms with E-state index in [0.717, 1.165) is 25.7 Å². The molecule has 2 N–H and O–H groups in total. The van der Waals surface area contributed by atoms with Crippen molar-refractivity contribution in [3.8, 4) is 0 Å². The van der Waals surface area contributed by atoms with Gasteiger partial charge in [-0.05, 0) is 12.8 Å². The topological polar surface area (TPSA) is 81.2 Å². The van der Waals surface area contributed by atoms with E-state index in [1.165, 1.54) is 10.9 Å². The van der Waals surface area contributed by atoms with Crippen LogP contribution < -0.4 is 5.73 Å². The van der Waals surface area contributed by atoms with Gasteiger partial charge in [-0.1, -0.05) is 19.8 Å². The van der Waals surface area contributed by atoms with E-state index in [-0.39, 0.29) is 16.9 Å². The van der Waals surface area contributed by atoms with E-state index in [0.29, 0.717) is 6.54 Å². The van der Waals surface area contributed by atoms with Crippen LogP contribution in [0.25, 0.3) is 0 Å². The van der Waals surface area contributed by atoms with E-state index in [4.69, 9.17) is 5.73 Å². The maximum atomic E-state index is 12.6. The Labute approximate surface area is 108 Å². The fraction of sp³-hybridized carbons (Fsp3) is 0.727. The van der Waals surface area contributed by atoms with Crippen molar-refractivity contribution in [2.45, 2.75) is 43.7 Å². The van der Waals surface area contributed by atoms with E-state index in [1.54, 1.807) is 11.4 Å². The summed E-state index contributed by atoms with van der Waals surface area (Å²) in [5.41, 5.74) is 5.68. The van der Waals surface area contributed by atoms with Crippen molar-refractivity contribution in [3.05, 3.63) is 6.33 Å². The van der Waals surface area contributed by atoms with Crippen molar-refractivity contribution in [2.75, 3.05) is 12.3 Å². The van der Waals surface area contributed by atoms with Crippen molar-refractivity contribution in [1.29, 1.82) is 0 Å². The Kier molecular flexibility index (Phi) is 3.63. The summed E-state index contributed by atoms with van der Waals surface area (Å²) >= 11 is 0. The highest BCUT2D eigenvalue weighted by atomic mass is 32.2. The zero-order valence-corrected chi connectivity index (χ0v) is 11.7. The summed E-state index contributed by atoms with van der Waals surface area (Å²) in [5, 5.41) is 0.108. The SMILES string of the molecule is CCN(C1CCCC1)S(=O)(=O)c1c(N)ncn1C. The Balaban J connectivity index is 2.40. The van der Waals surface area contributed by atoms with Crippen LogP contribution >= 0.6 is 0 Å². The Morgan fingerprint density at radius 2 is 2.11 bits per heavy atom. The lowest BCUT2D eigenvalue weighted by atomic mass is 10.2. The number of nitrogens with zero attached hydrogens (tertiary/aromatic N) is 3. The van der Waals surface area contributed by atoms with Crippen LogP contribution in [0, 0.1) is 0 Å². The predicted octanol–water partition coefficient (Wildman–Crippen LogP) is 0.955. The molecule has 1 saturated carbocycles. The van der Waals surface area contributed by atoms with Crippen LogP contribution in [0.5, 0.6) is 0 Å². The molecule has 0 atom stereocenters. The van der Waals surface area contributed by atoms with Crippen LogP contribution in [-0.2, 0) is 17.1 Å². The Bertz CT molecular complexity index is 498. The van der Waals surface area contributed by atoms with Gasteiger partial charge < -0.3 is 10.3 Å². The summed E-state index contributed by atoms with van der Waals surface area (Å²) in [4.78, 5) is 3.86. The second-order valence-electron chi connectivity index (χ2n) is 4.69. The predicted molar refractivity (Wildman–Crippen MR) is 69.4 cm³/mol. The van der Waals surface area contributed by atoms with Crippen LogP contribution in [0.3, 0.4) is 0 Å². The third-order valence-electron chi connectivity index (χ3n) is 3.51. The highest BCUT2D eigenvalue weighted by Gasteiger charge is 2.35. The Hall–Kier alpha value is -1.08. The molecule has 1 fully saturated rings. The second-order valence-corrected chi connectivity index (χ2v) is 6.50.